The number of carboxylic acid groups (broad SMARTS) is 1. The maximum absolute atomic E-state index is 12.3. The van der Waals surface area contributed by atoms with Crippen LogP contribution in [0, 0.1) is 5.92 Å². The second-order valence-corrected chi connectivity index (χ2v) is 5.16. The molecule has 2 atom stereocenters. The molecule has 6 heteroatoms. The summed E-state index contributed by atoms with van der Waals surface area (Å²) >= 11 is 0. The number of amides is 2. The van der Waals surface area contributed by atoms with E-state index in [1.54, 1.807) is 24.0 Å². The maximum Gasteiger partial charge on any atom is 0.320 e. The molecule has 1 saturated heterocycles. The molecule has 0 radical (unpaired) electrons. The van der Waals surface area contributed by atoms with Gasteiger partial charge in [-0.3, -0.25) is 4.79 Å². The quantitative estimate of drug-likeness (QED) is 0.765. The van der Waals surface area contributed by atoms with Crippen LogP contribution < -0.4 is 0 Å². The molecule has 110 valence electrons. The molecule has 1 rings (SSSR count). The molecule has 6 nitrogen and oxygen atoms in total. The zero-order valence-electron chi connectivity index (χ0n) is 12.0. The number of rotatable bonds is 5. The predicted octanol–water partition coefficient (Wildman–Crippen LogP) is 1.26. The summed E-state index contributed by atoms with van der Waals surface area (Å²) in [5.74, 6) is -1.25. The van der Waals surface area contributed by atoms with Crippen LogP contribution in [0.15, 0.2) is 0 Å². The summed E-state index contributed by atoms with van der Waals surface area (Å²) in [4.78, 5) is 26.6. The van der Waals surface area contributed by atoms with E-state index in [9.17, 15) is 9.59 Å². The average molecular weight is 272 g/mol. The lowest BCUT2D eigenvalue weighted by molar-refractivity contribution is -0.143. The van der Waals surface area contributed by atoms with Gasteiger partial charge in [-0.05, 0) is 26.2 Å². The Morgan fingerprint density at radius 3 is 2.68 bits per heavy atom. The van der Waals surface area contributed by atoms with Crippen molar-refractivity contribution < 1.29 is 19.4 Å². The third kappa shape index (κ3) is 4.38. The number of nitrogens with zero attached hydrogens (tertiary/aromatic N) is 2. The number of ether oxygens (including phenoxy) is 1. The molecule has 1 aliphatic rings. The summed E-state index contributed by atoms with van der Waals surface area (Å²) in [6.07, 6.45) is 2.17. The molecular formula is C13H24N2O4. The lowest BCUT2D eigenvalue weighted by Crippen LogP contribution is -2.51. The fourth-order valence-corrected chi connectivity index (χ4v) is 2.34. The summed E-state index contributed by atoms with van der Waals surface area (Å²) in [5.41, 5.74) is 0. The lowest BCUT2D eigenvalue weighted by atomic mass is 9.94. The van der Waals surface area contributed by atoms with Crippen LogP contribution in [0.25, 0.3) is 0 Å². The van der Waals surface area contributed by atoms with Crippen molar-refractivity contribution in [2.75, 3.05) is 33.9 Å². The molecular weight excluding hydrogens is 248 g/mol. The lowest BCUT2D eigenvalue weighted by Gasteiger charge is -2.38. The molecule has 2 unspecified atom stereocenters. The largest absolute Gasteiger partial charge is 0.481 e. The fourth-order valence-electron chi connectivity index (χ4n) is 2.34. The highest BCUT2D eigenvalue weighted by Gasteiger charge is 2.33. The molecule has 0 aromatic rings. The van der Waals surface area contributed by atoms with Gasteiger partial charge >= 0.3 is 12.0 Å². The second kappa shape index (κ2) is 7.33. The summed E-state index contributed by atoms with van der Waals surface area (Å²) in [7, 11) is 3.38. The molecule has 0 saturated carbocycles. The number of urea groups is 1. The number of methoxy groups -OCH3 is 1. The smallest absolute Gasteiger partial charge is 0.320 e. The fraction of sp³-hybridized carbons (Fsp3) is 0.846. The van der Waals surface area contributed by atoms with E-state index in [0.29, 0.717) is 26.1 Å². The summed E-state index contributed by atoms with van der Waals surface area (Å²) in [5, 5.41) is 9.07. The van der Waals surface area contributed by atoms with Crippen molar-refractivity contribution in [2.45, 2.75) is 32.2 Å². The SMILES string of the molecule is COCCCN(C)C(=O)N1CC(C(=O)O)CCC1C. The number of likely N-dealkylation sites (tertiary alicyclic amines) is 1. The molecule has 1 fully saturated rings. The van der Waals surface area contributed by atoms with Gasteiger partial charge in [-0.2, -0.15) is 0 Å². The second-order valence-electron chi connectivity index (χ2n) is 5.16. The highest BCUT2D eigenvalue weighted by Crippen LogP contribution is 2.23. The molecule has 0 aliphatic carbocycles. The van der Waals surface area contributed by atoms with Gasteiger partial charge in [0.2, 0.25) is 0 Å². The highest BCUT2D eigenvalue weighted by atomic mass is 16.5. The molecule has 19 heavy (non-hydrogen) atoms. The van der Waals surface area contributed by atoms with Crippen LogP contribution in [0.3, 0.4) is 0 Å². The van der Waals surface area contributed by atoms with E-state index in [2.05, 4.69) is 0 Å². The Kier molecular flexibility index (Phi) is 6.08. The van der Waals surface area contributed by atoms with E-state index in [1.807, 2.05) is 6.92 Å². The van der Waals surface area contributed by atoms with Crippen molar-refractivity contribution in [3.05, 3.63) is 0 Å². The number of piperidine rings is 1. The van der Waals surface area contributed by atoms with Gasteiger partial charge in [0.15, 0.2) is 0 Å². The van der Waals surface area contributed by atoms with Gasteiger partial charge in [0, 0.05) is 39.9 Å². The maximum atomic E-state index is 12.3. The van der Waals surface area contributed by atoms with Gasteiger partial charge in [0.25, 0.3) is 0 Å². The van der Waals surface area contributed by atoms with Crippen LogP contribution >= 0.6 is 0 Å². The van der Waals surface area contributed by atoms with E-state index < -0.39 is 11.9 Å². The minimum atomic E-state index is -0.813. The normalized spacial score (nSPS) is 23.2. The molecule has 2 amide bonds. The van der Waals surface area contributed by atoms with Gasteiger partial charge in [-0.1, -0.05) is 0 Å². The Balaban J connectivity index is 2.55. The van der Waals surface area contributed by atoms with Crippen LogP contribution in [0.2, 0.25) is 0 Å². The summed E-state index contributed by atoms with van der Waals surface area (Å²) in [6.45, 7) is 3.52. The van der Waals surface area contributed by atoms with Gasteiger partial charge in [0.05, 0.1) is 5.92 Å². The molecule has 0 aromatic heterocycles. The van der Waals surface area contributed by atoms with Crippen LogP contribution in [0.5, 0.6) is 0 Å². The van der Waals surface area contributed by atoms with Crippen molar-refractivity contribution in [2.24, 2.45) is 5.92 Å². The first-order valence-corrected chi connectivity index (χ1v) is 6.70. The third-order valence-corrected chi connectivity index (χ3v) is 3.65. The Morgan fingerprint density at radius 2 is 2.11 bits per heavy atom. The molecule has 0 bridgehead atoms. The third-order valence-electron chi connectivity index (χ3n) is 3.65. The van der Waals surface area contributed by atoms with Crippen molar-refractivity contribution in [3.63, 3.8) is 0 Å². The molecule has 1 aliphatic heterocycles. The summed E-state index contributed by atoms with van der Waals surface area (Å²) in [6, 6.07) is 0.0162. The molecule has 0 aromatic carbocycles. The average Bonchev–Trinajstić information content (AvgIpc) is 2.38. The van der Waals surface area contributed by atoms with E-state index in [-0.39, 0.29) is 12.1 Å². The van der Waals surface area contributed by atoms with Crippen molar-refractivity contribution in [1.29, 1.82) is 0 Å². The van der Waals surface area contributed by atoms with Crippen LogP contribution in [0.4, 0.5) is 4.79 Å². The van der Waals surface area contributed by atoms with Gasteiger partial charge < -0.3 is 19.6 Å². The number of hydrogen-bond donors (Lipinski definition) is 1. The Hall–Kier alpha value is -1.30. The first kappa shape index (κ1) is 15.8. The van der Waals surface area contributed by atoms with Gasteiger partial charge in [-0.15, -0.1) is 0 Å². The number of carbonyl (C=O) groups excluding carboxylic acids is 1. The predicted molar refractivity (Wildman–Crippen MR) is 71.0 cm³/mol. The van der Waals surface area contributed by atoms with Crippen molar-refractivity contribution in [1.82, 2.24) is 9.80 Å². The topological polar surface area (TPSA) is 70.1 Å². The first-order chi connectivity index (χ1) is 8.97. The minimum Gasteiger partial charge on any atom is -0.481 e. The van der Waals surface area contributed by atoms with Crippen molar-refractivity contribution in [3.8, 4) is 0 Å². The van der Waals surface area contributed by atoms with Crippen molar-refractivity contribution >= 4 is 12.0 Å². The number of carbonyl (C=O) groups is 2. The Labute approximate surface area is 114 Å². The Bertz CT molecular complexity index is 322. The number of aliphatic carboxylic acids is 1. The van der Waals surface area contributed by atoms with E-state index in [4.69, 9.17) is 9.84 Å². The van der Waals surface area contributed by atoms with E-state index in [0.717, 1.165) is 12.8 Å². The summed E-state index contributed by atoms with van der Waals surface area (Å²) < 4.78 is 4.96. The van der Waals surface area contributed by atoms with Crippen LogP contribution in [-0.4, -0.2) is 66.8 Å². The first-order valence-electron chi connectivity index (χ1n) is 6.70. The van der Waals surface area contributed by atoms with Gasteiger partial charge in [0.1, 0.15) is 0 Å². The van der Waals surface area contributed by atoms with Crippen LogP contribution in [-0.2, 0) is 9.53 Å². The zero-order valence-corrected chi connectivity index (χ0v) is 12.0. The monoisotopic (exact) mass is 272 g/mol. The van der Waals surface area contributed by atoms with Gasteiger partial charge in [-0.25, -0.2) is 4.79 Å². The molecule has 1 N–H and O–H groups in total. The highest BCUT2D eigenvalue weighted by molar-refractivity contribution is 5.76. The van der Waals surface area contributed by atoms with E-state index in [1.165, 1.54) is 0 Å². The minimum absolute atomic E-state index is 0.0884. The van der Waals surface area contributed by atoms with Crippen LogP contribution in [0.1, 0.15) is 26.2 Å². The Morgan fingerprint density at radius 1 is 1.42 bits per heavy atom. The number of carboxylic acids is 1. The zero-order chi connectivity index (χ0) is 14.4. The standard InChI is InChI=1S/C13H24N2O4/c1-10-5-6-11(12(16)17)9-15(10)13(18)14(2)7-4-8-19-3/h10-11H,4-9H2,1-3H3,(H,16,17). The number of hydrogen-bond acceptors (Lipinski definition) is 3. The molecule has 1 heterocycles. The molecule has 0 spiro atoms. The van der Waals surface area contributed by atoms with E-state index >= 15 is 0 Å².